The van der Waals surface area contributed by atoms with Gasteiger partial charge in [-0.1, -0.05) is 25.7 Å². The van der Waals surface area contributed by atoms with E-state index in [1.54, 1.807) is 7.11 Å². The van der Waals surface area contributed by atoms with E-state index < -0.39 is 0 Å². The van der Waals surface area contributed by atoms with Crippen LogP contribution in [0.2, 0.25) is 0 Å². The van der Waals surface area contributed by atoms with Gasteiger partial charge in [0, 0.05) is 0 Å². The van der Waals surface area contributed by atoms with E-state index in [9.17, 15) is 5.11 Å². The highest BCUT2D eigenvalue weighted by molar-refractivity contribution is 5.43. The van der Waals surface area contributed by atoms with E-state index in [1.165, 1.54) is 25.7 Å². The smallest absolute Gasteiger partial charge is 0.124 e. The van der Waals surface area contributed by atoms with Crippen LogP contribution in [0, 0.1) is 19.8 Å². The second-order valence-electron chi connectivity index (χ2n) is 5.59. The lowest BCUT2D eigenvalue weighted by atomic mass is 9.93. The van der Waals surface area contributed by atoms with E-state index in [0.717, 1.165) is 28.9 Å². The van der Waals surface area contributed by atoms with Crippen molar-refractivity contribution in [1.82, 2.24) is 0 Å². The summed E-state index contributed by atoms with van der Waals surface area (Å²) >= 11 is 0. The molecule has 0 saturated heterocycles. The number of ether oxygens (including phenoxy) is 1. The number of aliphatic hydroxyl groups is 1. The Morgan fingerprint density at radius 3 is 2.28 bits per heavy atom. The zero-order valence-electron chi connectivity index (χ0n) is 11.7. The third-order valence-electron chi connectivity index (χ3n) is 4.10. The van der Waals surface area contributed by atoms with Gasteiger partial charge in [-0.2, -0.15) is 0 Å². The van der Waals surface area contributed by atoms with Gasteiger partial charge in [-0.15, -0.1) is 0 Å². The minimum atomic E-state index is -0.323. The molecule has 2 nitrogen and oxygen atoms in total. The van der Waals surface area contributed by atoms with Gasteiger partial charge in [-0.05, 0) is 55.0 Å². The quantitative estimate of drug-likeness (QED) is 0.875. The van der Waals surface area contributed by atoms with E-state index in [2.05, 4.69) is 12.1 Å². The summed E-state index contributed by atoms with van der Waals surface area (Å²) in [5.41, 5.74) is 3.26. The van der Waals surface area contributed by atoms with Crippen LogP contribution in [0.25, 0.3) is 0 Å². The first-order valence-electron chi connectivity index (χ1n) is 6.95. The molecule has 1 unspecified atom stereocenters. The van der Waals surface area contributed by atoms with Crippen molar-refractivity contribution in [2.75, 3.05) is 7.11 Å². The summed E-state index contributed by atoms with van der Waals surface area (Å²) in [7, 11) is 1.70. The summed E-state index contributed by atoms with van der Waals surface area (Å²) < 4.78 is 5.36. The summed E-state index contributed by atoms with van der Waals surface area (Å²) in [6.45, 7) is 4.08. The molecule has 0 aliphatic heterocycles. The predicted octanol–water partition coefficient (Wildman–Crippen LogP) is 3.93. The highest BCUT2D eigenvalue weighted by Crippen LogP contribution is 2.34. The Hall–Kier alpha value is -1.02. The average Bonchev–Trinajstić information content (AvgIpc) is 2.81. The van der Waals surface area contributed by atoms with Crippen LogP contribution >= 0.6 is 0 Å². The van der Waals surface area contributed by atoms with Gasteiger partial charge in [0.2, 0.25) is 0 Å². The number of benzene rings is 1. The molecule has 0 aromatic heterocycles. The second kappa shape index (κ2) is 5.75. The van der Waals surface area contributed by atoms with Crippen molar-refractivity contribution in [1.29, 1.82) is 0 Å². The van der Waals surface area contributed by atoms with Gasteiger partial charge in [-0.3, -0.25) is 0 Å². The van der Waals surface area contributed by atoms with Crippen LogP contribution in [0.15, 0.2) is 12.1 Å². The average molecular weight is 248 g/mol. The number of rotatable bonds is 4. The number of methoxy groups -OCH3 is 1. The topological polar surface area (TPSA) is 29.5 Å². The van der Waals surface area contributed by atoms with Gasteiger partial charge in [-0.25, -0.2) is 0 Å². The molecule has 1 saturated carbocycles. The lowest BCUT2D eigenvalue weighted by molar-refractivity contribution is 0.144. The maximum atomic E-state index is 10.4. The Kier molecular flexibility index (Phi) is 4.28. The Morgan fingerprint density at radius 1 is 1.22 bits per heavy atom. The SMILES string of the molecule is COc1c(C)cc(C(O)CC2CCCC2)cc1C. The van der Waals surface area contributed by atoms with Crippen LogP contribution in [-0.4, -0.2) is 12.2 Å². The molecular weight excluding hydrogens is 224 g/mol. The molecule has 18 heavy (non-hydrogen) atoms. The minimum absolute atomic E-state index is 0.323. The summed E-state index contributed by atoms with van der Waals surface area (Å²) in [5, 5.41) is 10.4. The van der Waals surface area contributed by atoms with Crippen molar-refractivity contribution in [3.05, 3.63) is 28.8 Å². The van der Waals surface area contributed by atoms with E-state index in [1.807, 2.05) is 13.8 Å². The van der Waals surface area contributed by atoms with Crippen LogP contribution in [0.4, 0.5) is 0 Å². The molecular formula is C16H24O2. The monoisotopic (exact) mass is 248 g/mol. The second-order valence-corrected chi connectivity index (χ2v) is 5.59. The Morgan fingerprint density at radius 2 is 1.78 bits per heavy atom. The van der Waals surface area contributed by atoms with Crippen molar-refractivity contribution in [3.8, 4) is 5.75 Å². The number of hydrogen-bond donors (Lipinski definition) is 1. The number of aryl methyl sites for hydroxylation is 2. The molecule has 2 rings (SSSR count). The van der Waals surface area contributed by atoms with Crippen LogP contribution in [0.3, 0.4) is 0 Å². The highest BCUT2D eigenvalue weighted by atomic mass is 16.5. The van der Waals surface area contributed by atoms with E-state index in [4.69, 9.17) is 4.74 Å². The first-order valence-corrected chi connectivity index (χ1v) is 6.95. The fourth-order valence-corrected chi connectivity index (χ4v) is 3.20. The van der Waals surface area contributed by atoms with Crippen molar-refractivity contribution >= 4 is 0 Å². The van der Waals surface area contributed by atoms with E-state index >= 15 is 0 Å². The molecule has 0 heterocycles. The number of hydrogen-bond acceptors (Lipinski definition) is 2. The molecule has 100 valence electrons. The Balaban J connectivity index is 2.12. The summed E-state index contributed by atoms with van der Waals surface area (Å²) in [6.07, 6.45) is 5.81. The molecule has 0 radical (unpaired) electrons. The Bertz CT molecular complexity index is 383. The van der Waals surface area contributed by atoms with Gasteiger partial charge in [0.15, 0.2) is 0 Å². The van der Waals surface area contributed by atoms with Gasteiger partial charge in [0.1, 0.15) is 5.75 Å². The van der Waals surface area contributed by atoms with Crippen molar-refractivity contribution in [3.63, 3.8) is 0 Å². The zero-order valence-corrected chi connectivity index (χ0v) is 11.7. The molecule has 0 amide bonds. The molecule has 1 aliphatic rings. The standard InChI is InChI=1S/C16H24O2/c1-11-8-14(9-12(2)16(11)18-3)15(17)10-13-6-4-5-7-13/h8-9,13,15,17H,4-7,10H2,1-3H3. The maximum absolute atomic E-state index is 10.4. The van der Waals surface area contributed by atoms with Gasteiger partial charge in [0.05, 0.1) is 13.2 Å². The highest BCUT2D eigenvalue weighted by Gasteiger charge is 2.20. The normalized spacial score (nSPS) is 18.0. The van der Waals surface area contributed by atoms with E-state index in [-0.39, 0.29) is 6.10 Å². The van der Waals surface area contributed by atoms with Crippen molar-refractivity contribution in [2.24, 2.45) is 5.92 Å². The lowest BCUT2D eigenvalue weighted by Gasteiger charge is -2.18. The molecule has 0 spiro atoms. The van der Waals surface area contributed by atoms with E-state index in [0.29, 0.717) is 5.92 Å². The molecule has 1 atom stereocenters. The van der Waals surface area contributed by atoms with Gasteiger partial charge >= 0.3 is 0 Å². The summed E-state index contributed by atoms with van der Waals surface area (Å²) in [4.78, 5) is 0. The maximum Gasteiger partial charge on any atom is 0.124 e. The van der Waals surface area contributed by atoms with Crippen LogP contribution in [0.5, 0.6) is 5.75 Å². The van der Waals surface area contributed by atoms with Crippen molar-refractivity contribution in [2.45, 2.75) is 52.1 Å². The third-order valence-corrected chi connectivity index (χ3v) is 4.10. The molecule has 1 aromatic rings. The summed E-state index contributed by atoms with van der Waals surface area (Å²) in [5.74, 6) is 1.65. The molecule has 1 fully saturated rings. The van der Waals surface area contributed by atoms with Crippen LogP contribution in [-0.2, 0) is 0 Å². The first-order chi connectivity index (χ1) is 8.61. The largest absolute Gasteiger partial charge is 0.496 e. The zero-order chi connectivity index (χ0) is 13.1. The van der Waals surface area contributed by atoms with Crippen LogP contribution in [0.1, 0.15) is 54.9 Å². The fourth-order valence-electron chi connectivity index (χ4n) is 3.20. The minimum Gasteiger partial charge on any atom is -0.496 e. The third kappa shape index (κ3) is 2.86. The first kappa shape index (κ1) is 13.4. The Labute approximate surface area is 110 Å². The van der Waals surface area contributed by atoms with Crippen LogP contribution < -0.4 is 4.74 Å². The molecule has 0 bridgehead atoms. The molecule has 2 heteroatoms. The summed E-state index contributed by atoms with van der Waals surface area (Å²) in [6, 6.07) is 4.12. The lowest BCUT2D eigenvalue weighted by Crippen LogP contribution is -2.05. The predicted molar refractivity (Wildman–Crippen MR) is 74.0 cm³/mol. The van der Waals surface area contributed by atoms with Gasteiger partial charge < -0.3 is 9.84 Å². The molecule has 1 aliphatic carbocycles. The molecule has 1 N–H and O–H groups in total. The number of aliphatic hydroxyl groups excluding tert-OH is 1. The molecule has 1 aromatic carbocycles. The van der Waals surface area contributed by atoms with Gasteiger partial charge in [0.25, 0.3) is 0 Å². The fraction of sp³-hybridized carbons (Fsp3) is 0.625. The van der Waals surface area contributed by atoms with Crippen molar-refractivity contribution < 1.29 is 9.84 Å².